The fraction of sp³-hybridized carbons (Fsp3) is 0.440. The number of carbonyl (C=O) groups excluding carboxylic acids is 2. The third-order valence-electron chi connectivity index (χ3n) is 6.43. The standard InChI is InChI=1S/C25H31N3O4S/c1-18-8-7-9-20(14-18)17-26-25(30)24-16-21-15-22(10-11-23(21)28(24)19(2)29)33(31,32)27-12-5-3-4-6-13-27/h7-11,14-15,24H,3-6,12-13,16-17H2,1-2H3,(H,26,30)/t24-/m0/s1. The van der Waals surface area contributed by atoms with Gasteiger partial charge in [-0.2, -0.15) is 4.31 Å². The Labute approximate surface area is 195 Å². The second-order valence-electron chi connectivity index (χ2n) is 8.92. The molecule has 1 N–H and O–H groups in total. The third kappa shape index (κ3) is 4.96. The monoisotopic (exact) mass is 469 g/mol. The molecule has 0 aromatic heterocycles. The predicted octanol–water partition coefficient (Wildman–Crippen LogP) is 3.15. The average Bonchev–Trinajstić information content (AvgIpc) is 2.95. The minimum Gasteiger partial charge on any atom is -0.350 e. The maximum absolute atomic E-state index is 13.2. The van der Waals surface area contributed by atoms with Crippen LogP contribution in [-0.2, 0) is 32.6 Å². The van der Waals surface area contributed by atoms with Gasteiger partial charge in [0.2, 0.25) is 21.8 Å². The molecule has 1 fully saturated rings. The molecule has 1 saturated heterocycles. The molecule has 0 saturated carbocycles. The molecule has 2 heterocycles. The molecule has 2 aromatic carbocycles. The summed E-state index contributed by atoms with van der Waals surface area (Å²) in [5.41, 5.74) is 3.41. The summed E-state index contributed by atoms with van der Waals surface area (Å²) in [5, 5.41) is 2.93. The summed E-state index contributed by atoms with van der Waals surface area (Å²) >= 11 is 0. The van der Waals surface area contributed by atoms with Crippen LogP contribution in [0.4, 0.5) is 5.69 Å². The Hall–Kier alpha value is -2.71. The fourth-order valence-electron chi connectivity index (χ4n) is 4.75. The summed E-state index contributed by atoms with van der Waals surface area (Å²) in [6.07, 6.45) is 4.11. The number of hydrogen-bond donors (Lipinski definition) is 1. The number of carbonyl (C=O) groups is 2. The molecule has 1 atom stereocenters. The molecule has 0 bridgehead atoms. The lowest BCUT2D eigenvalue weighted by atomic mass is 10.1. The first-order valence-electron chi connectivity index (χ1n) is 11.5. The molecule has 0 aliphatic carbocycles. The van der Waals surface area contributed by atoms with Gasteiger partial charge in [0.25, 0.3) is 0 Å². The molecule has 0 spiro atoms. The van der Waals surface area contributed by atoms with E-state index in [-0.39, 0.29) is 23.1 Å². The van der Waals surface area contributed by atoms with Gasteiger partial charge in [0, 0.05) is 38.7 Å². The van der Waals surface area contributed by atoms with Crippen molar-refractivity contribution < 1.29 is 18.0 Å². The van der Waals surface area contributed by atoms with Crippen LogP contribution in [0, 0.1) is 6.92 Å². The van der Waals surface area contributed by atoms with Gasteiger partial charge < -0.3 is 5.32 Å². The zero-order valence-corrected chi connectivity index (χ0v) is 20.0. The van der Waals surface area contributed by atoms with Gasteiger partial charge in [0.1, 0.15) is 6.04 Å². The molecule has 0 radical (unpaired) electrons. The second-order valence-corrected chi connectivity index (χ2v) is 10.9. The van der Waals surface area contributed by atoms with Crippen LogP contribution in [0.25, 0.3) is 0 Å². The van der Waals surface area contributed by atoms with Crippen molar-refractivity contribution >= 4 is 27.5 Å². The smallest absolute Gasteiger partial charge is 0.243 e. The van der Waals surface area contributed by atoms with E-state index in [1.54, 1.807) is 22.5 Å². The summed E-state index contributed by atoms with van der Waals surface area (Å²) < 4.78 is 28.0. The zero-order valence-electron chi connectivity index (χ0n) is 19.2. The molecule has 2 aromatic rings. The normalized spacial score (nSPS) is 19.1. The fourth-order valence-corrected chi connectivity index (χ4v) is 6.32. The van der Waals surface area contributed by atoms with Gasteiger partial charge in [0.05, 0.1) is 4.90 Å². The van der Waals surface area contributed by atoms with Crippen molar-refractivity contribution in [3.8, 4) is 0 Å². The average molecular weight is 470 g/mol. The van der Waals surface area contributed by atoms with Crippen LogP contribution in [-0.4, -0.2) is 43.7 Å². The van der Waals surface area contributed by atoms with Crippen molar-refractivity contribution in [2.24, 2.45) is 0 Å². The summed E-state index contributed by atoms with van der Waals surface area (Å²) in [6, 6.07) is 12.0. The molecular weight excluding hydrogens is 438 g/mol. The molecule has 176 valence electrons. The number of rotatable bonds is 5. The summed E-state index contributed by atoms with van der Waals surface area (Å²) in [6.45, 7) is 4.85. The highest BCUT2D eigenvalue weighted by Crippen LogP contribution is 2.35. The van der Waals surface area contributed by atoms with Gasteiger partial charge in [-0.05, 0) is 49.1 Å². The topological polar surface area (TPSA) is 86.8 Å². The molecule has 0 unspecified atom stereocenters. The number of nitrogens with zero attached hydrogens (tertiary/aromatic N) is 2. The first kappa shape index (κ1) is 23.4. The Balaban J connectivity index is 1.54. The highest BCUT2D eigenvalue weighted by molar-refractivity contribution is 7.89. The van der Waals surface area contributed by atoms with E-state index in [4.69, 9.17) is 0 Å². The van der Waals surface area contributed by atoms with Crippen molar-refractivity contribution in [1.82, 2.24) is 9.62 Å². The Kier molecular flexibility index (Phi) is 6.86. The molecule has 7 nitrogen and oxygen atoms in total. The maximum Gasteiger partial charge on any atom is 0.243 e. The molecule has 8 heteroatoms. The number of anilines is 1. The van der Waals surface area contributed by atoms with Gasteiger partial charge in [-0.15, -0.1) is 0 Å². The highest BCUT2D eigenvalue weighted by Gasteiger charge is 2.38. The van der Waals surface area contributed by atoms with E-state index in [1.165, 1.54) is 11.8 Å². The van der Waals surface area contributed by atoms with E-state index in [1.807, 2.05) is 31.2 Å². The lowest BCUT2D eigenvalue weighted by Gasteiger charge is -2.24. The minimum atomic E-state index is -3.60. The first-order chi connectivity index (χ1) is 15.8. The van der Waals surface area contributed by atoms with Crippen molar-refractivity contribution in [1.29, 1.82) is 0 Å². The largest absolute Gasteiger partial charge is 0.350 e. The van der Waals surface area contributed by atoms with Crippen LogP contribution in [0.3, 0.4) is 0 Å². The van der Waals surface area contributed by atoms with Crippen molar-refractivity contribution in [3.05, 3.63) is 59.2 Å². The van der Waals surface area contributed by atoms with Gasteiger partial charge in [-0.3, -0.25) is 14.5 Å². The van der Waals surface area contributed by atoms with Crippen LogP contribution in [0.5, 0.6) is 0 Å². The predicted molar refractivity (Wildman–Crippen MR) is 127 cm³/mol. The number of fused-ring (bicyclic) bond motifs is 1. The first-order valence-corrected chi connectivity index (χ1v) is 13.0. The highest BCUT2D eigenvalue weighted by atomic mass is 32.2. The second kappa shape index (κ2) is 9.65. The number of amides is 2. The van der Waals surface area contributed by atoms with Gasteiger partial charge in [-0.25, -0.2) is 8.42 Å². The van der Waals surface area contributed by atoms with Crippen molar-refractivity contribution in [2.45, 2.75) is 63.4 Å². The lowest BCUT2D eigenvalue weighted by Crippen LogP contribution is -2.47. The van der Waals surface area contributed by atoms with Gasteiger partial charge >= 0.3 is 0 Å². The van der Waals surface area contributed by atoms with Crippen molar-refractivity contribution in [2.75, 3.05) is 18.0 Å². The molecule has 33 heavy (non-hydrogen) atoms. The number of aryl methyl sites for hydroxylation is 1. The molecule has 2 aliphatic rings. The number of sulfonamides is 1. The van der Waals surface area contributed by atoms with Gasteiger partial charge in [-0.1, -0.05) is 42.7 Å². The Morgan fingerprint density at radius 1 is 1.03 bits per heavy atom. The third-order valence-corrected chi connectivity index (χ3v) is 8.32. The number of benzene rings is 2. The number of nitrogens with one attached hydrogen (secondary N) is 1. The Bertz CT molecular complexity index is 1150. The van der Waals surface area contributed by atoms with Crippen LogP contribution in [0.2, 0.25) is 0 Å². The van der Waals surface area contributed by atoms with Crippen LogP contribution in [0.15, 0.2) is 47.4 Å². The molecule has 4 rings (SSSR count). The summed E-state index contributed by atoms with van der Waals surface area (Å²) in [7, 11) is -3.60. The Morgan fingerprint density at radius 2 is 1.76 bits per heavy atom. The van der Waals surface area contributed by atoms with E-state index in [9.17, 15) is 18.0 Å². The molecular formula is C25H31N3O4S. The Morgan fingerprint density at radius 3 is 2.42 bits per heavy atom. The quantitative estimate of drug-likeness (QED) is 0.729. The summed E-state index contributed by atoms with van der Waals surface area (Å²) in [5.74, 6) is -0.493. The van der Waals surface area contributed by atoms with Crippen molar-refractivity contribution in [3.63, 3.8) is 0 Å². The summed E-state index contributed by atoms with van der Waals surface area (Å²) in [4.78, 5) is 27.2. The van der Waals surface area contributed by atoms with E-state index >= 15 is 0 Å². The van der Waals surface area contributed by atoms with Crippen LogP contribution >= 0.6 is 0 Å². The minimum absolute atomic E-state index is 0.229. The van der Waals surface area contributed by atoms with E-state index < -0.39 is 16.1 Å². The molecule has 2 amide bonds. The van der Waals surface area contributed by atoms with E-state index in [0.29, 0.717) is 30.9 Å². The van der Waals surface area contributed by atoms with Gasteiger partial charge in [0.15, 0.2) is 0 Å². The lowest BCUT2D eigenvalue weighted by molar-refractivity contribution is -0.125. The maximum atomic E-state index is 13.2. The zero-order chi connectivity index (χ0) is 23.6. The van der Waals surface area contributed by atoms with Crippen LogP contribution < -0.4 is 10.2 Å². The van der Waals surface area contributed by atoms with E-state index in [0.717, 1.165) is 36.8 Å². The van der Waals surface area contributed by atoms with Crippen LogP contribution in [0.1, 0.15) is 49.3 Å². The number of hydrogen-bond acceptors (Lipinski definition) is 4. The van der Waals surface area contributed by atoms with E-state index in [2.05, 4.69) is 5.32 Å². The molecule has 2 aliphatic heterocycles. The SMILES string of the molecule is CC(=O)N1c2ccc(S(=O)(=O)N3CCCCCC3)cc2C[C@H]1C(=O)NCc1cccc(C)c1.